The molecule has 0 atom stereocenters. The van der Waals surface area contributed by atoms with Gasteiger partial charge in [0.05, 0.1) is 46.9 Å². The minimum Gasteiger partial charge on any atom is -0.462 e. The highest BCUT2D eigenvalue weighted by Crippen LogP contribution is 2.40. The molecule has 8 heteroatoms. The molecule has 0 radical (unpaired) electrons. The number of nitrogens with zero attached hydrogens (tertiary/aromatic N) is 2. The Kier molecular flexibility index (Phi) is 12.0. The minimum atomic E-state index is -0.550. The Morgan fingerprint density at radius 2 is 0.920 bits per heavy atom. The van der Waals surface area contributed by atoms with Gasteiger partial charge in [0.15, 0.2) is 0 Å². The molecule has 5 rings (SSSR count). The van der Waals surface area contributed by atoms with Crippen LogP contribution in [0.2, 0.25) is 0 Å². The van der Waals surface area contributed by atoms with Crippen LogP contribution in [0.1, 0.15) is 75.6 Å². The zero-order chi connectivity index (χ0) is 35.6. The van der Waals surface area contributed by atoms with Gasteiger partial charge in [0.25, 0.3) is 11.8 Å². The van der Waals surface area contributed by atoms with Gasteiger partial charge in [-0.1, -0.05) is 112 Å². The normalized spacial score (nSPS) is 16.3. The Morgan fingerprint density at radius 3 is 1.24 bits per heavy atom. The van der Waals surface area contributed by atoms with Crippen LogP contribution in [-0.4, -0.2) is 59.9 Å². The summed E-state index contributed by atoms with van der Waals surface area (Å²) in [5, 5.41) is 0. The van der Waals surface area contributed by atoms with Crippen LogP contribution >= 0.6 is 0 Å². The Morgan fingerprint density at radius 1 is 0.560 bits per heavy atom. The molecule has 3 aromatic carbocycles. The van der Waals surface area contributed by atoms with Gasteiger partial charge in [-0.05, 0) is 61.1 Å². The summed E-state index contributed by atoms with van der Waals surface area (Å²) in [4.78, 5) is 58.2. The zero-order valence-corrected chi connectivity index (χ0v) is 29.2. The van der Waals surface area contributed by atoms with Gasteiger partial charge >= 0.3 is 11.9 Å². The number of benzene rings is 3. The fourth-order valence-corrected chi connectivity index (χ4v) is 6.19. The lowest BCUT2D eigenvalue weighted by Gasteiger charge is -2.20. The Labute approximate surface area is 294 Å². The molecule has 2 aliphatic rings. The standard InChI is InChI=1S/C42H44N2O6/c1-5-9-25-43-37(31-17-13-11-14-18-31)35(41(47)49-7-3)33(39(43)45)27-29-21-23-30(24-22-29)28-34-36(42(48)50-8-4)38(32-19-15-12-16-20-32)44(40(34)46)26-10-6-2/h11-24,27-28H,5-10,25-26H2,1-4H3. The van der Waals surface area contributed by atoms with Gasteiger partial charge in [0, 0.05) is 13.1 Å². The van der Waals surface area contributed by atoms with E-state index in [1.54, 1.807) is 35.8 Å². The van der Waals surface area contributed by atoms with E-state index in [1.165, 1.54) is 0 Å². The minimum absolute atomic E-state index is 0.174. The molecule has 0 spiro atoms. The van der Waals surface area contributed by atoms with Crippen molar-refractivity contribution >= 4 is 47.3 Å². The van der Waals surface area contributed by atoms with Crippen LogP contribution in [0.5, 0.6) is 0 Å². The molecular weight excluding hydrogens is 628 g/mol. The van der Waals surface area contributed by atoms with Crippen molar-refractivity contribution in [2.75, 3.05) is 26.3 Å². The summed E-state index contributed by atoms with van der Waals surface area (Å²) in [6.07, 6.45) is 6.75. The summed E-state index contributed by atoms with van der Waals surface area (Å²) in [6.45, 7) is 8.89. The van der Waals surface area contributed by atoms with E-state index in [-0.39, 0.29) is 47.3 Å². The molecular formula is C42H44N2O6. The predicted octanol–water partition coefficient (Wildman–Crippen LogP) is 7.69. The average molecular weight is 673 g/mol. The molecule has 8 nitrogen and oxygen atoms in total. The summed E-state index contributed by atoms with van der Waals surface area (Å²) in [7, 11) is 0. The first-order chi connectivity index (χ1) is 24.3. The lowest BCUT2D eigenvalue weighted by atomic mass is 9.99. The van der Waals surface area contributed by atoms with E-state index in [4.69, 9.17) is 9.47 Å². The van der Waals surface area contributed by atoms with Crippen molar-refractivity contribution in [3.63, 3.8) is 0 Å². The first kappa shape index (κ1) is 35.8. The van der Waals surface area contributed by atoms with Crippen molar-refractivity contribution < 1.29 is 28.7 Å². The summed E-state index contributed by atoms with van der Waals surface area (Å²) in [5.41, 5.74) is 5.03. The summed E-state index contributed by atoms with van der Waals surface area (Å²) >= 11 is 0. The number of unbranched alkanes of at least 4 members (excludes halogenated alkanes) is 2. The monoisotopic (exact) mass is 672 g/mol. The maximum Gasteiger partial charge on any atom is 0.341 e. The maximum atomic E-state index is 14.0. The van der Waals surface area contributed by atoms with Crippen LogP contribution in [0.4, 0.5) is 0 Å². The molecule has 258 valence electrons. The van der Waals surface area contributed by atoms with Crippen molar-refractivity contribution in [1.29, 1.82) is 0 Å². The van der Waals surface area contributed by atoms with Gasteiger partial charge < -0.3 is 19.3 Å². The van der Waals surface area contributed by atoms with E-state index in [1.807, 2.05) is 84.9 Å². The van der Waals surface area contributed by atoms with Crippen molar-refractivity contribution in [1.82, 2.24) is 9.80 Å². The van der Waals surface area contributed by atoms with Gasteiger partial charge in [0.2, 0.25) is 0 Å². The number of hydrogen-bond donors (Lipinski definition) is 0. The highest BCUT2D eigenvalue weighted by molar-refractivity contribution is 6.24. The van der Waals surface area contributed by atoms with Crippen molar-refractivity contribution in [2.24, 2.45) is 0 Å². The van der Waals surface area contributed by atoms with Crippen LogP contribution < -0.4 is 0 Å². The second-order valence-corrected chi connectivity index (χ2v) is 12.0. The highest BCUT2D eigenvalue weighted by atomic mass is 16.5. The first-order valence-corrected chi connectivity index (χ1v) is 17.5. The van der Waals surface area contributed by atoms with Gasteiger partial charge in [-0.2, -0.15) is 0 Å². The molecule has 2 aliphatic heterocycles. The lowest BCUT2D eigenvalue weighted by molar-refractivity contribution is -0.139. The average Bonchev–Trinajstić information content (AvgIpc) is 3.57. The number of amides is 2. The second kappa shape index (κ2) is 16.7. The molecule has 0 aliphatic carbocycles. The fraction of sp³-hybridized carbons (Fsp3) is 0.286. The number of ether oxygens (including phenoxy) is 2. The van der Waals surface area contributed by atoms with Crippen molar-refractivity contribution in [2.45, 2.75) is 53.4 Å². The van der Waals surface area contributed by atoms with Crippen molar-refractivity contribution in [3.8, 4) is 0 Å². The van der Waals surface area contributed by atoms with Gasteiger partial charge in [-0.25, -0.2) is 9.59 Å². The molecule has 0 unspecified atom stereocenters. The molecule has 0 bridgehead atoms. The molecule has 0 saturated carbocycles. The third kappa shape index (κ3) is 7.54. The Balaban J connectivity index is 1.58. The smallest absolute Gasteiger partial charge is 0.341 e. The third-order valence-electron chi connectivity index (χ3n) is 8.59. The predicted molar refractivity (Wildman–Crippen MR) is 196 cm³/mol. The van der Waals surface area contributed by atoms with E-state index < -0.39 is 11.9 Å². The third-order valence-corrected chi connectivity index (χ3v) is 8.59. The van der Waals surface area contributed by atoms with Gasteiger partial charge in [-0.3, -0.25) is 9.59 Å². The number of hydrogen-bond acceptors (Lipinski definition) is 6. The van der Waals surface area contributed by atoms with Crippen LogP contribution in [-0.2, 0) is 28.7 Å². The van der Waals surface area contributed by atoms with Crippen LogP contribution in [0, 0.1) is 0 Å². The van der Waals surface area contributed by atoms with E-state index in [9.17, 15) is 19.2 Å². The lowest BCUT2D eigenvalue weighted by Crippen LogP contribution is -2.26. The quantitative estimate of drug-likeness (QED) is 0.129. The molecule has 2 heterocycles. The number of rotatable bonds is 14. The Bertz CT molecular complexity index is 1720. The largest absolute Gasteiger partial charge is 0.462 e. The van der Waals surface area contributed by atoms with Crippen LogP contribution in [0.25, 0.3) is 23.5 Å². The van der Waals surface area contributed by atoms with E-state index in [2.05, 4.69) is 13.8 Å². The van der Waals surface area contributed by atoms with E-state index in [0.717, 1.165) is 36.8 Å². The molecule has 50 heavy (non-hydrogen) atoms. The second-order valence-electron chi connectivity index (χ2n) is 12.0. The maximum absolute atomic E-state index is 14.0. The SMILES string of the molecule is CCCCN1C(=O)C(=Cc2ccc(C=C3C(=O)N(CCCC)C(c4ccccc4)=C3C(=O)OCC)cc2)C(C(=O)OCC)=C1c1ccccc1. The molecule has 0 aromatic heterocycles. The van der Waals surface area contributed by atoms with Crippen LogP contribution in [0.3, 0.4) is 0 Å². The molecule has 0 N–H and O–H groups in total. The highest BCUT2D eigenvalue weighted by Gasteiger charge is 2.41. The molecule has 3 aromatic rings. The first-order valence-electron chi connectivity index (χ1n) is 17.5. The van der Waals surface area contributed by atoms with Crippen molar-refractivity contribution in [3.05, 3.63) is 129 Å². The van der Waals surface area contributed by atoms with E-state index >= 15 is 0 Å². The molecule has 0 fully saturated rings. The molecule has 0 saturated heterocycles. The molecule has 2 amide bonds. The summed E-state index contributed by atoms with van der Waals surface area (Å²) < 4.78 is 10.9. The zero-order valence-electron chi connectivity index (χ0n) is 29.2. The van der Waals surface area contributed by atoms with Crippen LogP contribution in [0.15, 0.2) is 107 Å². The number of carbonyl (C=O) groups is 4. The van der Waals surface area contributed by atoms with E-state index in [0.29, 0.717) is 35.6 Å². The summed E-state index contributed by atoms with van der Waals surface area (Å²) in [5.74, 6) is -1.61. The van der Waals surface area contributed by atoms with Gasteiger partial charge in [-0.15, -0.1) is 0 Å². The number of carbonyl (C=O) groups excluding carboxylic acids is 4. The fourth-order valence-electron chi connectivity index (χ4n) is 6.19. The van der Waals surface area contributed by atoms with Gasteiger partial charge in [0.1, 0.15) is 0 Å². The number of esters is 2. The Hall–Kier alpha value is -5.50. The topological polar surface area (TPSA) is 93.2 Å². The summed E-state index contributed by atoms with van der Waals surface area (Å²) in [6, 6.07) is 26.2.